The molecule has 2 heterocycles. The number of aliphatic hydroxyl groups is 1. The molecule has 94 valence electrons. The molecular formula is C14H16N2OS. The first-order valence-electron chi connectivity index (χ1n) is 6.21. The number of nitrogens with zero attached hydrogens (tertiary/aromatic N) is 2. The van der Waals surface area contributed by atoms with Crippen LogP contribution in [0.1, 0.15) is 23.3 Å². The fourth-order valence-corrected chi connectivity index (χ4v) is 2.88. The third kappa shape index (κ3) is 2.40. The summed E-state index contributed by atoms with van der Waals surface area (Å²) in [6, 6.07) is 6.76. The molecule has 0 saturated heterocycles. The molecule has 2 aromatic rings. The molecule has 1 aliphatic carbocycles. The summed E-state index contributed by atoms with van der Waals surface area (Å²) in [5, 5.41) is 11.6. The highest BCUT2D eigenvalue weighted by molar-refractivity contribution is 7.09. The standard InChI is InChI=1S/C14H16N2OS/c17-10-11-5-6-15-8-14(11)16(12-3-4-12)9-13-2-1-7-18-13/h1-2,5-8,12,17H,3-4,9-10H2. The minimum absolute atomic E-state index is 0.0749. The molecule has 1 fully saturated rings. The summed E-state index contributed by atoms with van der Waals surface area (Å²) in [5.74, 6) is 0. The number of hydrogen-bond donors (Lipinski definition) is 1. The maximum Gasteiger partial charge on any atom is 0.0703 e. The van der Waals surface area contributed by atoms with Crippen LogP contribution in [0.3, 0.4) is 0 Å². The largest absolute Gasteiger partial charge is 0.392 e. The van der Waals surface area contributed by atoms with Crippen LogP contribution in [0.5, 0.6) is 0 Å². The van der Waals surface area contributed by atoms with Gasteiger partial charge in [0.2, 0.25) is 0 Å². The molecule has 0 amide bonds. The Bertz CT molecular complexity index is 508. The number of aliphatic hydroxyl groups excluding tert-OH is 1. The normalized spacial score (nSPS) is 14.7. The Labute approximate surface area is 111 Å². The van der Waals surface area contributed by atoms with E-state index in [1.165, 1.54) is 17.7 Å². The third-order valence-corrected chi connectivity index (χ3v) is 4.12. The molecule has 2 aromatic heterocycles. The summed E-state index contributed by atoms with van der Waals surface area (Å²) in [6.07, 6.45) is 6.10. The predicted molar refractivity (Wildman–Crippen MR) is 73.7 cm³/mol. The molecule has 18 heavy (non-hydrogen) atoms. The predicted octanol–water partition coefficient (Wildman–Crippen LogP) is 2.80. The van der Waals surface area contributed by atoms with Gasteiger partial charge in [-0.3, -0.25) is 4.98 Å². The molecule has 0 aromatic carbocycles. The molecule has 1 saturated carbocycles. The van der Waals surface area contributed by atoms with E-state index < -0.39 is 0 Å². The van der Waals surface area contributed by atoms with Crippen LogP contribution in [0.2, 0.25) is 0 Å². The summed E-state index contributed by atoms with van der Waals surface area (Å²) in [6.45, 7) is 0.993. The fraction of sp³-hybridized carbons (Fsp3) is 0.357. The van der Waals surface area contributed by atoms with Crippen LogP contribution in [0, 0.1) is 0 Å². The monoisotopic (exact) mass is 260 g/mol. The van der Waals surface area contributed by atoms with Crippen molar-refractivity contribution in [2.24, 2.45) is 0 Å². The Kier molecular flexibility index (Phi) is 3.30. The molecule has 0 radical (unpaired) electrons. The van der Waals surface area contributed by atoms with Gasteiger partial charge in [0.15, 0.2) is 0 Å². The van der Waals surface area contributed by atoms with E-state index in [0.717, 1.165) is 17.8 Å². The van der Waals surface area contributed by atoms with Crippen LogP contribution in [0.4, 0.5) is 5.69 Å². The first-order chi connectivity index (χ1) is 8.88. The van der Waals surface area contributed by atoms with Crippen molar-refractivity contribution in [2.45, 2.75) is 32.0 Å². The van der Waals surface area contributed by atoms with Crippen LogP contribution in [0.25, 0.3) is 0 Å². The van der Waals surface area contributed by atoms with Crippen LogP contribution < -0.4 is 4.90 Å². The van der Waals surface area contributed by atoms with Gasteiger partial charge in [0.1, 0.15) is 0 Å². The van der Waals surface area contributed by atoms with Crippen molar-refractivity contribution < 1.29 is 5.11 Å². The molecule has 3 nitrogen and oxygen atoms in total. The van der Waals surface area contributed by atoms with Crippen molar-refractivity contribution in [3.8, 4) is 0 Å². The Morgan fingerprint density at radius 1 is 1.39 bits per heavy atom. The number of hydrogen-bond acceptors (Lipinski definition) is 4. The van der Waals surface area contributed by atoms with E-state index in [4.69, 9.17) is 0 Å². The maximum atomic E-state index is 9.44. The van der Waals surface area contributed by atoms with E-state index in [-0.39, 0.29) is 6.61 Å². The number of thiophene rings is 1. The zero-order valence-corrected chi connectivity index (χ0v) is 10.9. The average Bonchev–Trinajstić information content (AvgIpc) is 3.13. The summed E-state index contributed by atoms with van der Waals surface area (Å²) in [7, 11) is 0. The SMILES string of the molecule is OCc1ccncc1N(Cc1cccs1)C1CC1. The van der Waals surface area contributed by atoms with Gasteiger partial charge in [-0.1, -0.05) is 6.07 Å². The van der Waals surface area contributed by atoms with Gasteiger partial charge in [-0.2, -0.15) is 0 Å². The number of rotatable bonds is 5. The molecule has 3 rings (SSSR count). The Hall–Kier alpha value is -1.39. The summed E-state index contributed by atoms with van der Waals surface area (Å²) >= 11 is 1.78. The van der Waals surface area contributed by atoms with Gasteiger partial charge < -0.3 is 10.0 Å². The van der Waals surface area contributed by atoms with Crippen molar-refractivity contribution in [3.63, 3.8) is 0 Å². The van der Waals surface area contributed by atoms with Crippen LogP contribution in [-0.4, -0.2) is 16.1 Å². The van der Waals surface area contributed by atoms with Gasteiger partial charge in [-0.25, -0.2) is 0 Å². The number of anilines is 1. The van der Waals surface area contributed by atoms with Gasteiger partial charge in [0, 0.05) is 22.7 Å². The molecule has 0 atom stereocenters. The zero-order chi connectivity index (χ0) is 12.4. The van der Waals surface area contributed by atoms with Gasteiger partial charge in [0.05, 0.1) is 25.0 Å². The highest BCUT2D eigenvalue weighted by atomic mass is 32.1. The zero-order valence-electron chi connectivity index (χ0n) is 10.1. The summed E-state index contributed by atoms with van der Waals surface area (Å²) < 4.78 is 0. The second-order valence-electron chi connectivity index (χ2n) is 4.60. The smallest absolute Gasteiger partial charge is 0.0703 e. The van der Waals surface area contributed by atoms with E-state index in [1.807, 2.05) is 12.3 Å². The lowest BCUT2D eigenvalue weighted by molar-refractivity contribution is 0.282. The van der Waals surface area contributed by atoms with Crippen molar-refractivity contribution in [3.05, 3.63) is 46.4 Å². The summed E-state index contributed by atoms with van der Waals surface area (Å²) in [4.78, 5) is 7.94. The van der Waals surface area contributed by atoms with Gasteiger partial charge in [-0.15, -0.1) is 11.3 Å². The van der Waals surface area contributed by atoms with Crippen molar-refractivity contribution in [1.29, 1.82) is 0 Å². The molecular weight excluding hydrogens is 244 g/mol. The highest BCUT2D eigenvalue weighted by Gasteiger charge is 2.30. The molecule has 0 spiro atoms. The third-order valence-electron chi connectivity index (χ3n) is 3.26. The lowest BCUT2D eigenvalue weighted by Gasteiger charge is -2.25. The van der Waals surface area contributed by atoms with Gasteiger partial charge in [-0.05, 0) is 30.4 Å². The number of aromatic nitrogens is 1. The minimum Gasteiger partial charge on any atom is -0.392 e. The summed E-state index contributed by atoms with van der Waals surface area (Å²) in [5.41, 5.74) is 2.05. The van der Waals surface area contributed by atoms with Gasteiger partial charge in [0.25, 0.3) is 0 Å². The van der Waals surface area contributed by atoms with E-state index in [1.54, 1.807) is 17.5 Å². The van der Waals surface area contributed by atoms with E-state index in [0.29, 0.717) is 6.04 Å². The minimum atomic E-state index is 0.0749. The Morgan fingerprint density at radius 2 is 2.28 bits per heavy atom. The average molecular weight is 260 g/mol. The molecule has 1 N–H and O–H groups in total. The van der Waals surface area contributed by atoms with Crippen LogP contribution in [-0.2, 0) is 13.2 Å². The van der Waals surface area contributed by atoms with Crippen molar-refractivity contribution >= 4 is 17.0 Å². The first kappa shape index (κ1) is 11.7. The molecule has 1 aliphatic rings. The maximum absolute atomic E-state index is 9.44. The van der Waals surface area contributed by atoms with E-state index in [2.05, 4.69) is 27.4 Å². The van der Waals surface area contributed by atoms with Gasteiger partial charge >= 0.3 is 0 Å². The number of pyridine rings is 1. The Morgan fingerprint density at radius 3 is 2.94 bits per heavy atom. The molecule has 4 heteroatoms. The highest BCUT2D eigenvalue weighted by Crippen LogP contribution is 2.35. The second kappa shape index (κ2) is 5.08. The van der Waals surface area contributed by atoms with Crippen molar-refractivity contribution in [1.82, 2.24) is 4.98 Å². The second-order valence-corrected chi connectivity index (χ2v) is 5.63. The molecule has 0 bridgehead atoms. The topological polar surface area (TPSA) is 36.4 Å². The van der Waals surface area contributed by atoms with E-state index >= 15 is 0 Å². The fourth-order valence-electron chi connectivity index (χ4n) is 2.17. The quantitative estimate of drug-likeness (QED) is 0.898. The van der Waals surface area contributed by atoms with Crippen molar-refractivity contribution in [2.75, 3.05) is 4.90 Å². The van der Waals surface area contributed by atoms with Crippen LogP contribution in [0.15, 0.2) is 36.0 Å². The van der Waals surface area contributed by atoms with E-state index in [9.17, 15) is 5.11 Å². The molecule has 0 aliphatic heterocycles. The Balaban J connectivity index is 1.89. The lowest BCUT2D eigenvalue weighted by Crippen LogP contribution is -2.25. The van der Waals surface area contributed by atoms with Crippen LogP contribution >= 0.6 is 11.3 Å². The lowest BCUT2D eigenvalue weighted by atomic mass is 10.2. The molecule has 0 unspecified atom stereocenters. The first-order valence-corrected chi connectivity index (χ1v) is 7.09.